The van der Waals surface area contributed by atoms with Crippen LogP contribution >= 0.6 is 0 Å². The molecule has 1 aromatic heterocycles. The van der Waals surface area contributed by atoms with Gasteiger partial charge in [0.25, 0.3) is 0 Å². The van der Waals surface area contributed by atoms with E-state index in [0.717, 1.165) is 11.4 Å². The van der Waals surface area contributed by atoms with E-state index in [1.165, 1.54) is 0 Å². The van der Waals surface area contributed by atoms with Crippen LogP contribution < -0.4 is 4.90 Å². The van der Waals surface area contributed by atoms with E-state index in [9.17, 15) is 9.00 Å². The maximum absolute atomic E-state index is 12.6. The van der Waals surface area contributed by atoms with Crippen molar-refractivity contribution in [1.29, 1.82) is 0 Å². The minimum absolute atomic E-state index is 0.150. The average molecular weight is 320 g/mol. The minimum atomic E-state index is -1.35. The molecule has 22 heavy (non-hydrogen) atoms. The predicted octanol–water partition coefficient (Wildman–Crippen LogP) is 2.67. The van der Waals surface area contributed by atoms with Crippen molar-refractivity contribution in [2.24, 2.45) is 0 Å². The molecule has 0 saturated heterocycles. The summed E-state index contributed by atoms with van der Waals surface area (Å²) < 4.78 is 17.5. The summed E-state index contributed by atoms with van der Waals surface area (Å²) in [5, 5.41) is 3.16. The van der Waals surface area contributed by atoms with E-state index in [0.29, 0.717) is 12.3 Å². The van der Waals surface area contributed by atoms with Gasteiger partial charge in [0, 0.05) is 29.1 Å². The van der Waals surface area contributed by atoms with Gasteiger partial charge in [-0.2, -0.15) is 0 Å². The number of rotatable bonds is 6. The molecule has 0 fully saturated rings. The SMILES string of the molecule is CCN(C(=O)[C@@H](C)[S@](=O)Cc1cc(C)no1)c1ccccc1. The molecule has 0 unspecified atom stereocenters. The maximum Gasteiger partial charge on any atom is 0.242 e. The molecule has 1 heterocycles. The Morgan fingerprint density at radius 2 is 2.05 bits per heavy atom. The molecule has 0 bridgehead atoms. The summed E-state index contributed by atoms with van der Waals surface area (Å²) in [6.07, 6.45) is 0. The lowest BCUT2D eigenvalue weighted by molar-refractivity contribution is -0.117. The lowest BCUT2D eigenvalue weighted by atomic mass is 10.2. The summed E-state index contributed by atoms with van der Waals surface area (Å²) in [7, 11) is -1.35. The number of para-hydroxylation sites is 1. The van der Waals surface area contributed by atoms with Crippen LogP contribution in [-0.4, -0.2) is 27.1 Å². The van der Waals surface area contributed by atoms with Gasteiger partial charge in [-0.3, -0.25) is 9.00 Å². The Kier molecular flexibility index (Phi) is 5.49. The van der Waals surface area contributed by atoms with Gasteiger partial charge in [0.05, 0.1) is 11.4 Å². The lowest BCUT2D eigenvalue weighted by Gasteiger charge is -2.24. The number of hydrogen-bond donors (Lipinski definition) is 0. The topological polar surface area (TPSA) is 63.4 Å². The molecule has 2 aromatic rings. The molecule has 0 aliphatic rings. The first-order chi connectivity index (χ1) is 10.5. The number of amides is 1. The van der Waals surface area contributed by atoms with Crippen LogP contribution in [0, 0.1) is 6.92 Å². The van der Waals surface area contributed by atoms with Gasteiger partial charge < -0.3 is 9.42 Å². The molecule has 6 heteroatoms. The molecule has 0 radical (unpaired) electrons. The van der Waals surface area contributed by atoms with Gasteiger partial charge >= 0.3 is 0 Å². The van der Waals surface area contributed by atoms with Crippen LogP contribution in [0.2, 0.25) is 0 Å². The molecule has 5 nitrogen and oxygen atoms in total. The van der Waals surface area contributed by atoms with Crippen LogP contribution in [0.25, 0.3) is 0 Å². The highest BCUT2D eigenvalue weighted by atomic mass is 32.2. The zero-order valence-electron chi connectivity index (χ0n) is 13.0. The van der Waals surface area contributed by atoms with E-state index >= 15 is 0 Å². The lowest BCUT2D eigenvalue weighted by Crippen LogP contribution is -2.40. The van der Waals surface area contributed by atoms with E-state index in [1.54, 1.807) is 24.8 Å². The summed E-state index contributed by atoms with van der Waals surface area (Å²) in [6.45, 7) is 5.93. The Morgan fingerprint density at radius 3 is 2.59 bits per heavy atom. The second kappa shape index (κ2) is 7.35. The molecule has 1 amide bonds. The van der Waals surface area contributed by atoms with Gasteiger partial charge in [-0.15, -0.1) is 0 Å². The third-order valence-electron chi connectivity index (χ3n) is 3.35. The molecule has 0 saturated carbocycles. The van der Waals surface area contributed by atoms with Crippen molar-refractivity contribution in [3.8, 4) is 0 Å². The van der Waals surface area contributed by atoms with Gasteiger partial charge in [0.15, 0.2) is 0 Å². The van der Waals surface area contributed by atoms with Gasteiger partial charge in [0.2, 0.25) is 5.91 Å². The maximum atomic E-state index is 12.6. The molecule has 118 valence electrons. The molecule has 0 aliphatic heterocycles. The molecule has 0 aliphatic carbocycles. The number of benzene rings is 1. The van der Waals surface area contributed by atoms with Crippen molar-refractivity contribution >= 4 is 22.4 Å². The molecule has 0 spiro atoms. The second-order valence-electron chi connectivity index (χ2n) is 5.02. The van der Waals surface area contributed by atoms with Gasteiger partial charge in [-0.05, 0) is 32.9 Å². The molecule has 2 atom stereocenters. The zero-order chi connectivity index (χ0) is 16.1. The Hall–Kier alpha value is -1.95. The van der Waals surface area contributed by atoms with Crippen LogP contribution in [0.3, 0.4) is 0 Å². The Labute approximate surface area is 132 Å². The van der Waals surface area contributed by atoms with Gasteiger partial charge in [-0.1, -0.05) is 23.4 Å². The van der Waals surface area contributed by atoms with Crippen molar-refractivity contribution < 1.29 is 13.5 Å². The number of aromatic nitrogens is 1. The first-order valence-electron chi connectivity index (χ1n) is 7.18. The Morgan fingerprint density at radius 1 is 1.36 bits per heavy atom. The zero-order valence-corrected chi connectivity index (χ0v) is 13.8. The van der Waals surface area contributed by atoms with Gasteiger partial charge in [0.1, 0.15) is 11.0 Å². The first-order valence-corrected chi connectivity index (χ1v) is 8.57. The number of hydrogen-bond acceptors (Lipinski definition) is 4. The van der Waals surface area contributed by atoms with E-state index in [1.807, 2.05) is 37.3 Å². The highest BCUT2D eigenvalue weighted by molar-refractivity contribution is 7.85. The van der Waals surface area contributed by atoms with Crippen molar-refractivity contribution in [1.82, 2.24) is 5.16 Å². The molecular formula is C16H20N2O3S. The summed E-state index contributed by atoms with van der Waals surface area (Å²) >= 11 is 0. The summed E-state index contributed by atoms with van der Waals surface area (Å²) in [4.78, 5) is 14.2. The highest BCUT2D eigenvalue weighted by Crippen LogP contribution is 2.17. The predicted molar refractivity (Wildman–Crippen MR) is 87.0 cm³/mol. The molecule has 1 aromatic carbocycles. The Bertz CT molecular complexity index is 654. The number of carbonyl (C=O) groups excluding carboxylic acids is 1. The van der Waals surface area contributed by atoms with Gasteiger partial charge in [-0.25, -0.2) is 0 Å². The Balaban J connectivity index is 2.08. The highest BCUT2D eigenvalue weighted by Gasteiger charge is 2.26. The first kappa shape index (κ1) is 16.4. The molecular weight excluding hydrogens is 300 g/mol. The fourth-order valence-electron chi connectivity index (χ4n) is 2.16. The standard InChI is InChI=1S/C16H20N2O3S/c1-4-18(14-8-6-5-7-9-14)16(19)13(3)22(20)11-15-10-12(2)17-21-15/h5-10,13H,4,11H2,1-3H3/t13-,22-/m1/s1. The fourth-order valence-corrected chi connectivity index (χ4v) is 3.17. The second-order valence-corrected chi connectivity index (χ2v) is 6.78. The van der Waals surface area contributed by atoms with Crippen LogP contribution in [0.4, 0.5) is 5.69 Å². The van der Waals surface area contributed by atoms with Crippen LogP contribution in [0.1, 0.15) is 25.3 Å². The quantitative estimate of drug-likeness (QED) is 0.821. The fraction of sp³-hybridized carbons (Fsp3) is 0.375. The summed E-state index contributed by atoms with van der Waals surface area (Å²) in [5.41, 5.74) is 1.56. The number of nitrogens with zero attached hydrogens (tertiary/aromatic N) is 2. The monoisotopic (exact) mass is 320 g/mol. The smallest absolute Gasteiger partial charge is 0.242 e. The number of carbonyl (C=O) groups is 1. The van der Waals surface area contributed by atoms with E-state index in [2.05, 4.69) is 5.16 Å². The third-order valence-corrected chi connectivity index (χ3v) is 4.91. The molecule has 2 rings (SSSR count). The van der Waals surface area contributed by atoms with E-state index in [-0.39, 0.29) is 11.7 Å². The molecule has 0 N–H and O–H groups in total. The third kappa shape index (κ3) is 3.82. The summed E-state index contributed by atoms with van der Waals surface area (Å²) in [6, 6.07) is 11.1. The average Bonchev–Trinajstić information content (AvgIpc) is 2.93. The summed E-state index contributed by atoms with van der Waals surface area (Å²) in [5.74, 6) is 0.585. The van der Waals surface area contributed by atoms with Crippen LogP contribution in [0.15, 0.2) is 40.9 Å². The normalized spacial score (nSPS) is 13.6. The van der Waals surface area contributed by atoms with E-state index in [4.69, 9.17) is 4.52 Å². The number of anilines is 1. The largest absolute Gasteiger partial charge is 0.360 e. The van der Waals surface area contributed by atoms with Crippen LogP contribution in [-0.2, 0) is 21.3 Å². The number of aryl methyl sites for hydroxylation is 1. The van der Waals surface area contributed by atoms with Crippen molar-refractivity contribution in [2.75, 3.05) is 11.4 Å². The van der Waals surface area contributed by atoms with Crippen LogP contribution in [0.5, 0.6) is 0 Å². The minimum Gasteiger partial charge on any atom is -0.360 e. The van der Waals surface area contributed by atoms with Crippen molar-refractivity contribution in [2.45, 2.75) is 31.8 Å². The van der Waals surface area contributed by atoms with Crippen molar-refractivity contribution in [3.63, 3.8) is 0 Å². The van der Waals surface area contributed by atoms with Crippen molar-refractivity contribution in [3.05, 3.63) is 47.9 Å². The van der Waals surface area contributed by atoms with E-state index < -0.39 is 16.0 Å².